The molecule has 0 aliphatic heterocycles. The molecule has 0 aromatic carbocycles. The molecule has 0 saturated carbocycles. The molecule has 0 aliphatic carbocycles. The van der Waals surface area contributed by atoms with Crippen LogP contribution in [-0.4, -0.2) is 59.9 Å². The number of carbonyl (C=O) groups excluding carboxylic acids is 2. The van der Waals surface area contributed by atoms with Gasteiger partial charge in [-0.25, -0.2) is 4.57 Å². The molecule has 1 unspecified atom stereocenters. The lowest BCUT2D eigenvalue weighted by atomic mass is 10.1. The quantitative estimate of drug-likeness (QED) is 0.0240. The number of nitrogens with two attached hydrogens (primary N) is 1. The maximum absolute atomic E-state index is 12.6. The van der Waals surface area contributed by atoms with E-state index in [1.54, 1.807) is 0 Å². The van der Waals surface area contributed by atoms with E-state index < -0.39 is 51.1 Å². The predicted molar refractivity (Wildman–Crippen MR) is 212 cm³/mol. The molecule has 0 aromatic heterocycles. The first-order valence-electron chi connectivity index (χ1n) is 19.8. The van der Waals surface area contributed by atoms with E-state index in [1.165, 1.54) is 25.7 Å². The van der Waals surface area contributed by atoms with Gasteiger partial charge in [0.05, 0.1) is 13.2 Å². The summed E-state index contributed by atoms with van der Waals surface area (Å²) in [6.45, 7) is 2.64. The number of carboxylic acid groups (broad SMARTS) is 1. The fraction of sp³-hybridized carbons (Fsp3) is 0.683. The van der Waals surface area contributed by atoms with Gasteiger partial charge in [-0.15, -0.1) is 0 Å². The second-order valence-corrected chi connectivity index (χ2v) is 14.5. The Kier molecular flexibility index (Phi) is 34.2. The van der Waals surface area contributed by atoms with E-state index in [9.17, 15) is 23.8 Å². The number of unbranched alkanes of at least 4 members (excludes halogenated alkanes) is 12. The first kappa shape index (κ1) is 50.2. The van der Waals surface area contributed by atoms with Crippen molar-refractivity contribution in [3.63, 3.8) is 0 Å². The lowest BCUT2D eigenvalue weighted by Crippen LogP contribution is -2.34. The van der Waals surface area contributed by atoms with Crippen molar-refractivity contribution in [2.45, 2.75) is 161 Å². The molecular weight excluding hydrogens is 697 g/mol. The molecule has 0 rings (SSSR count). The van der Waals surface area contributed by atoms with Crippen LogP contribution in [0.15, 0.2) is 60.8 Å². The van der Waals surface area contributed by atoms with Gasteiger partial charge in [-0.05, 0) is 77.0 Å². The monoisotopic (exact) mass is 767 g/mol. The van der Waals surface area contributed by atoms with Gasteiger partial charge in [0.1, 0.15) is 12.6 Å². The predicted octanol–water partition coefficient (Wildman–Crippen LogP) is 10.00. The van der Waals surface area contributed by atoms with E-state index in [2.05, 4.69) is 79.1 Å². The largest absolute Gasteiger partial charge is 0.480 e. The van der Waals surface area contributed by atoms with Crippen LogP contribution < -0.4 is 5.73 Å². The molecule has 0 aromatic rings. The van der Waals surface area contributed by atoms with Crippen molar-refractivity contribution in [3.8, 4) is 0 Å². The zero-order valence-corrected chi connectivity index (χ0v) is 33.5. The Hall–Kier alpha value is -2.82. The summed E-state index contributed by atoms with van der Waals surface area (Å²) in [6, 6.07) is -1.53. The average Bonchev–Trinajstić information content (AvgIpc) is 3.13. The summed E-state index contributed by atoms with van der Waals surface area (Å²) in [5, 5.41) is 8.86. The molecule has 304 valence electrons. The third-order valence-corrected chi connectivity index (χ3v) is 8.92. The summed E-state index contributed by atoms with van der Waals surface area (Å²) in [6.07, 6.45) is 40.0. The van der Waals surface area contributed by atoms with Crippen molar-refractivity contribution in [2.75, 3.05) is 19.8 Å². The van der Waals surface area contributed by atoms with Gasteiger partial charge in [-0.1, -0.05) is 120 Å². The number of carbonyl (C=O) groups is 3. The second kappa shape index (κ2) is 36.2. The third kappa shape index (κ3) is 36.0. The Morgan fingerprint density at radius 1 is 0.585 bits per heavy atom. The Bertz CT molecular complexity index is 1130. The van der Waals surface area contributed by atoms with Gasteiger partial charge in [0.2, 0.25) is 0 Å². The molecule has 0 radical (unpaired) electrons. The van der Waals surface area contributed by atoms with Gasteiger partial charge in [0.25, 0.3) is 0 Å². The van der Waals surface area contributed by atoms with Crippen LogP contribution in [0.4, 0.5) is 0 Å². The molecule has 11 nitrogen and oxygen atoms in total. The summed E-state index contributed by atoms with van der Waals surface area (Å²) in [5.41, 5.74) is 5.32. The molecule has 0 saturated heterocycles. The van der Waals surface area contributed by atoms with E-state index >= 15 is 0 Å². The van der Waals surface area contributed by atoms with Crippen molar-refractivity contribution >= 4 is 25.7 Å². The van der Waals surface area contributed by atoms with E-state index in [1.807, 2.05) is 0 Å². The van der Waals surface area contributed by atoms with E-state index in [-0.39, 0.29) is 19.4 Å². The Balaban J connectivity index is 4.51. The second-order valence-electron chi connectivity index (χ2n) is 13.1. The molecule has 3 atom stereocenters. The molecule has 0 bridgehead atoms. The third-order valence-electron chi connectivity index (χ3n) is 7.97. The molecular formula is C41H70NO10P. The number of hydrogen-bond donors (Lipinski definition) is 3. The minimum atomic E-state index is -4.72. The first-order chi connectivity index (χ1) is 25.6. The minimum Gasteiger partial charge on any atom is -0.480 e. The van der Waals surface area contributed by atoms with E-state index in [0.717, 1.165) is 83.5 Å². The Labute approximate surface area is 319 Å². The van der Waals surface area contributed by atoms with Crippen LogP contribution in [0.5, 0.6) is 0 Å². The van der Waals surface area contributed by atoms with Crippen LogP contribution in [0.3, 0.4) is 0 Å². The highest BCUT2D eigenvalue weighted by molar-refractivity contribution is 7.47. The molecule has 0 amide bonds. The zero-order valence-electron chi connectivity index (χ0n) is 32.6. The number of phosphoric acid groups is 1. The lowest BCUT2D eigenvalue weighted by molar-refractivity contribution is -0.161. The smallest absolute Gasteiger partial charge is 0.472 e. The number of phosphoric ester groups is 1. The van der Waals surface area contributed by atoms with Gasteiger partial charge < -0.3 is 25.2 Å². The number of ether oxygens (including phenoxy) is 2. The van der Waals surface area contributed by atoms with Crippen molar-refractivity contribution in [2.24, 2.45) is 5.73 Å². The highest BCUT2D eigenvalue weighted by Gasteiger charge is 2.28. The van der Waals surface area contributed by atoms with Crippen LogP contribution >= 0.6 is 7.82 Å². The standard InChI is InChI=1S/C41H70NO10P/c1-3-5-7-9-11-13-15-17-18-19-20-21-23-25-27-29-31-33-40(44)52-37(35-50-53(47,48)51-36-38(42)41(45)46)34-49-39(43)32-30-28-26-24-22-16-14-12-10-8-6-4-2/h7,9,12-15,18-19,21,23,37-38H,3-6,8,10-11,16-17,20,22,24-36,42H2,1-2H3,(H,45,46)(H,47,48)/b9-7+,14-12+,15-13+,19-18+,23-21+/t37-,38+/m1/s1. The van der Waals surface area contributed by atoms with Crippen molar-refractivity contribution in [1.82, 2.24) is 0 Å². The highest BCUT2D eigenvalue weighted by atomic mass is 31.2. The van der Waals surface area contributed by atoms with Gasteiger partial charge >= 0.3 is 25.7 Å². The summed E-state index contributed by atoms with van der Waals surface area (Å²) in [7, 11) is -4.72. The van der Waals surface area contributed by atoms with Gasteiger partial charge in [-0.3, -0.25) is 23.4 Å². The maximum atomic E-state index is 12.6. The molecule has 0 spiro atoms. The average molecular weight is 768 g/mol. The van der Waals surface area contributed by atoms with E-state index in [4.69, 9.17) is 24.8 Å². The SMILES string of the molecule is CCC/C=C/C/C=C/C/C=C/C/C=C/CCCCCC(=O)O[C@H](COC(=O)CCCCCCC/C=C/CCCCC)COP(=O)(O)OC[C@H](N)C(=O)O. The number of rotatable bonds is 36. The van der Waals surface area contributed by atoms with Gasteiger partial charge in [0, 0.05) is 12.8 Å². The Morgan fingerprint density at radius 2 is 1.04 bits per heavy atom. The maximum Gasteiger partial charge on any atom is 0.472 e. The topological polar surface area (TPSA) is 172 Å². The molecule has 0 fully saturated rings. The summed E-state index contributed by atoms with van der Waals surface area (Å²) in [4.78, 5) is 45.8. The molecule has 0 heterocycles. The van der Waals surface area contributed by atoms with Gasteiger partial charge in [-0.2, -0.15) is 0 Å². The molecule has 4 N–H and O–H groups in total. The Morgan fingerprint density at radius 3 is 1.60 bits per heavy atom. The number of esters is 2. The van der Waals surface area contributed by atoms with E-state index in [0.29, 0.717) is 12.8 Å². The van der Waals surface area contributed by atoms with Gasteiger partial charge in [0.15, 0.2) is 6.10 Å². The summed E-state index contributed by atoms with van der Waals surface area (Å²) >= 11 is 0. The fourth-order valence-corrected chi connectivity index (χ4v) is 5.59. The number of carboxylic acids is 1. The number of aliphatic carboxylic acids is 1. The van der Waals surface area contributed by atoms with Crippen molar-refractivity contribution in [1.29, 1.82) is 0 Å². The first-order valence-corrected chi connectivity index (χ1v) is 21.3. The fourth-order valence-electron chi connectivity index (χ4n) is 4.81. The molecule has 12 heteroatoms. The van der Waals surface area contributed by atoms with Crippen molar-refractivity contribution < 1.29 is 47.5 Å². The summed E-state index contributed by atoms with van der Waals surface area (Å²) in [5.74, 6) is -2.44. The minimum absolute atomic E-state index is 0.119. The van der Waals surface area contributed by atoms with Crippen LogP contribution in [0.1, 0.15) is 149 Å². The van der Waals surface area contributed by atoms with Crippen LogP contribution in [-0.2, 0) is 37.5 Å². The van der Waals surface area contributed by atoms with Crippen molar-refractivity contribution in [3.05, 3.63) is 60.8 Å². The summed E-state index contributed by atoms with van der Waals surface area (Å²) < 4.78 is 32.5. The van der Waals surface area contributed by atoms with Crippen LogP contribution in [0.2, 0.25) is 0 Å². The molecule has 53 heavy (non-hydrogen) atoms. The zero-order chi connectivity index (χ0) is 39.3. The lowest BCUT2D eigenvalue weighted by Gasteiger charge is -2.20. The highest BCUT2D eigenvalue weighted by Crippen LogP contribution is 2.43. The number of hydrogen-bond acceptors (Lipinski definition) is 9. The number of allylic oxidation sites excluding steroid dienone is 10. The molecule has 0 aliphatic rings. The van der Waals surface area contributed by atoms with Crippen LogP contribution in [0.25, 0.3) is 0 Å². The van der Waals surface area contributed by atoms with Crippen LogP contribution in [0, 0.1) is 0 Å². The normalized spacial score (nSPS) is 14.5.